The Labute approximate surface area is 167 Å². The molecule has 0 aliphatic heterocycles. The van der Waals surface area contributed by atoms with Gasteiger partial charge in [-0.15, -0.1) is 11.3 Å². The van der Waals surface area contributed by atoms with Crippen LogP contribution < -0.4 is 10.6 Å². The molecule has 1 aromatic heterocycles. The minimum atomic E-state index is -1.72. The van der Waals surface area contributed by atoms with E-state index < -0.39 is 9.96 Å². The van der Waals surface area contributed by atoms with Gasteiger partial charge in [0, 0.05) is 11.3 Å². The Morgan fingerprint density at radius 2 is 2.04 bits per heavy atom. The molecule has 0 saturated carbocycles. The molecule has 0 fully saturated rings. The van der Waals surface area contributed by atoms with Crippen molar-refractivity contribution in [3.05, 3.63) is 16.0 Å². The summed E-state index contributed by atoms with van der Waals surface area (Å²) in [4.78, 5) is 13.3. The van der Waals surface area contributed by atoms with Crippen LogP contribution in [0.15, 0.2) is 0 Å². The van der Waals surface area contributed by atoms with Crippen molar-refractivity contribution in [2.45, 2.75) is 68.2 Å². The number of carbonyl (C=O) groups excluding carboxylic acids is 1. The number of thiophene rings is 1. The maximum atomic E-state index is 12.1. The summed E-state index contributed by atoms with van der Waals surface area (Å²) in [6.45, 7) is 2.07. The molecule has 8 heteroatoms. The van der Waals surface area contributed by atoms with Crippen LogP contribution in [0.2, 0.25) is 0 Å². The second-order valence-corrected chi connectivity index (χ2v) is 9.64. The molecule has 0 aromatic carbocycles. The third-order valence-corrected chi connectivity index (χ3v) is 6.08. The van der Waals surface area contributed by atoms with Gasteiger partial charge >= 0.3 is 0 Å². The van der Waals surface area contributed by atoms with E-state index in [0.29, 0.717) is 17.0 Å². The number of aryl methyl sites for hydroxylation is 1. The van der Waals surface area contributed by atoms with Gasteiger partial charge in [-0.25, -0.2) is 0 Å². The van der Waals surface area contributed by atoms with Crippen molar-refractivity contribution in [1.29, 1.82) is 5.26 Å². The van der Waals surface area contributed by atoms with E-state index in [1.165, 1.54) is 16.2 Å². The lowest BCUT2D eigenvalue weighted by atomic mass is 9.96. The molecule has 2 rings (SSSR count). The monoisotopic (exact) mass is 421 g/mol. The van der Waals surface area contributed by atoms with Gasteiger partial charge in [0.1, 0.15) is 17.2 Å². The molecule has 0 radical (unpaired) electrons. The molecule has 1 aliphatic rings. The molecule has 0 bridgehead atoms. The fourth-order valence-electron chi connectivity index (χ4n) is 2.89. The maximum absolute atomic E-state index is 12.1. The first kappa shape index (κ1) is 20.6. The van der Waals surface area contributed by atoms with Gasteiger partial charge in [-0.2, -0.15) is 5.26 Å². The molecule has 138 valence electrons. The topological polar surface area (TPSA) is 64.9 Å². The van der Waals surface area contributed by atoms with E-state index in [0.717, 1.165) is 50.5 Å². The van der Waals surface area contributed by atoms with Crippen LogP contribution in [0, 0.1) is 11.3 Å². The van der Waals surface area contributed by atoms with Crippen molar-refractivity contribution in [1.82, 2.24) is 5.32 Å². The number of amides is 1. The Kier molecular flexibility index (Phi) is 7.69. The van der Waals surface area contributed by atoms with E-state index in [4.69, 9.17) is 34.8 Å². The van der Waals surface area contributed by atoms with Gasteiger partial charge in [0.25, 0.3) is 0 Å². The Balaban J connectivity index is 2.14. The Hall–Kier alpha value is -0.670. The fourth-order valence-corrected chi connectivity index (χ4v) is 4.48. The van der Waals surface area contributed by atoms with E-state index in [1.54, 1.807) is 0 Å². The average molecular weight is 423 g/mol. The van der Waals surface area contributed by atoms with Crippen LogP contribution in [0.4, 0.5) is 5.00 Å². The highest BCUT2D eigenvalue weighted by atomic mass is 35.6. The van der Waals surface area contributed by atoms with Crippen molar-refractivity contribution in [3.8, 4) is 6.07 Å². The quantitative estimate of drug-likeness (QED) is 0.356. The summed E-state index contributed by atoms with van der Waals surface area (Å²) in [6, 6.07) is 2.26. The first-order valence-corrected chi connectivity index (χ1v) is 10.5. The molecule has 1 atom stereocenters. The average Bonchev–Trinajstić information content (AvgIpc) is 2.90. The largest absolute Gasteiger partial charge is 0.352 e. The summed E-state index contributed by atoms with van der Waals surface area (Å²) >= 11 is 19.7. The number of unbranched alkanes of at least 4 members (excludes halogenated alkanes) is 2. The number of hydrogen-bond acceptors (Lipinski definition) is 4. The lowest BCUT2D eigenvalue weighted by Gasteiger charge is -2.27. The molecule has 1 heterocycles. The van der Waals surface area contributed by atoms with Crippen molar-refractivity contribution < 1.29 is 4.79 Å². The van der Waals surface area contributed by atoms with Crippen LogP contribution in [0.3, 0.4) is 0 Å². The van der Waals surface area contributed by atoms with Gasteiger partial charge in [-0.05, 0) is 37.7 Å². The number of halogens is 3. The number of alkyl halides is 3. The SMILES string of the molecule is CCCCCC(=O)N[C@@H](Nc1sc2c(c1C#N)CCCC2)C(Cl)(Cl)Cl. The highest BCUT2D eigenvalue weighted by molar-refractivity contribution is 7.16. The van der Waals surface area contributed by atoms with Crippen LogP contribution >= 0.6 is 46.1 Å². The molecule has 2 N–H and O–H groups in total. The maximum Gasteiger partial charge on any atom is 0.228 e. The van der Waals surface area contributed by atoms with Gasteiger partial charge in [0.15, 0.2) is 0 Å². The minimum Gasteiger partial charge on any atom is -0.352 e. The van der Waals surface area contributed by atoms with Crippen molar-refractivity contribution in [3.63, 3.8) is 0 Å². The normalized spacial score (nSPS) is 15.2. The molecular formula is C17H22Cl3N3OS. The highest BCUT2D eigenvalue weighted by Crippen LogP contribution is 2.40. The number of hydrogen-bond donors (Lipinski definition) is 2. The van der Waals surface area contributed by atoms with Crippen LogP contribution in [0.1, 0.15) is 61.5 Å². The molecule has 0 spiro atoms. The minimum absolute atomic E-state index is 0.169. The Bertz CT molecular complexity index is 649. The standard InChI is InChI=1S/C17H22Cl3N3OS/c1-2-3-4-9-14(24)22-16(17(18,19)20)23-15-12(10-21)11-7-5-6-8-13(11)25-15/h16,23H,2-9H2,1H3,(H,22,24)/t16-/m0/s1. The Morgan fingerprint density at radius 1 is 1.32 bits per heavy atom. The summed E-state index contributed by atoms with van der Waals surface area (Å²) in [5, 5.41) is 16.0. The molecule has 1 amide bonds. The number of rotatable bonds is 7. The third kappa shape index (κ3) is 5.65. The summed E-state index contributed by atoms with van der Waals surface area (Å²) in [6.07, 6.45) is 6.39. The van der Waals surface area contributed by atoms with Gasteiger partial charge in [0.05, 0.1) is 5.56 Å². The molecular weight excluding hydrogens is 401 g/mol. The van der Waals surface area contributed by atoms with Crippen molar-refractivity contribution >= 4 is 57.0 Å². The third-order valence-electron chi connectivity index (χ3n) is 4.20. The molecule has 0 unspecified atom stereocenters. The van der Waals surface area contributed by atoms with Gasteiger partial charge in [0.2, 0.25) is 9.70 Å². The second kappa shape index (κ2) is 9.32. The highest BCUT2D eigenvalue weighted by Gasteiger charge is 2.35. The van der Waals surface area contributed by atoms with Gasteiger partial charge < -0.3 is 10.6 Å². The first-order chi connectivity index (χ1) is 11.9. The summed E-state index contributed by atoms with van der Waals surface area (Å²) in [5.74, 6) is -0.169. The summed E-state index contributed by atoms with van der Waals surface area (Å²) in [5.41, 5.74) is 1.71. The predicted molar refractivity (Wildman–Crippen MR) is 106 cm³/mol. The second-order valence-electron chi connectivity index (χ2n) is 6.17. The summed E-state index contributed by atoms with van der Waals surface area (Å²) in [7, 11) is 0. The number of nitrogens with zero attached hydrogens (tertiary/aromatic N) is 1. The van der Waals surface area contributed by atoms with Gasteiger partial charge in [-0.1, -0.05) is 54.6 Å². The van der Waals surface area contributed by atoms with E-state index in [9.17, 15) is 10.1 Å². The molecule has 1 aliphatic carbocycles. The van der Waals surface area contributed by atoms with Crippen LogP contribution in [0.25, 0.3) is 0 Å². The zero-order chi connectivity index (χ0) is 18.4. The number of anilines is 1. The number of nitrogens with one attached hydrogen (secondary N) is 2. The lowest BCUT2D eigenvalue weighted by molar-refractivity contribution is -0.121. The number of nitriles is 1. The Morgan fingerprint density at radius 3 is 2.68 bits per heavy atom. The van der Waals surface area contributed by atoms with E-state index >= 15 is 0 Å². The number of fused-ring (bicyclic) bond motifs is 1. The van der Waals surface area contributed by atoms with Crippen molar-refractivity contribution in [2.75, 3.05) is 5.32 Å². The molecule has 1 aromatic rings. The van der Waals surface area contributed by atoms with Crippen molar-refractivity contribution in [2.24, 2.45) is 0 Å². The van der Waals surface area contributed by atoms with Crippen LogP contribution in [-0.4, -0.2) is 15.9 Å². The zero-order valence-corrected chi connectivity index (χ0v) is 17.2. The van der Waals surface area contributed by atoms with Crippen LogP contribution in [-0.2, 0) is 17.6 Å². The molecule has 4 nitrogen and oxygen atoms in total. The molecule has 0 saturated heterocycles. The smallest absolute Gasteiger partial charge is 0.228 e. The molecule has 25 heavy (non-hydrogen) atoms. The van der Waals surface area contributed by atoms with E-state index in [2.05, 4.69) is 23.6 Å². The fraction of sp³-hybridized carbons (Fsp3) is 0.647. The zero-order valence-electron chi connectivity index (χ0n) is 14.1. The number of carbonyl (C=O) groups is 1. The first-order valence-electron chi connectivity index (χ1n) is 8.54. The van der Waals surface area contributed by atoms with Gasteiger partial charge in [-0.3, -0.25) is 4.79 Å². The summed E-state index contributed by atoms with van der Waals surface area (Å²) < 4.78 is -1.72. The van der Waals surface area contributed by atoms with E-state index in [1.807, 2.05) is 0 Å². The van der Waals surface area contributed by atoms with E-state index in [-0.39, 0.29) is 5.91 Å². The van der Waals surface area contributed by atoms with Crippen LogP contribution in [0.5, 0.6) is 0 Å². The predicted octanol–water partition coefficient (Wildman–Crippen LogP) is 5.30. The lowest BCUT2D eigenvalue weighted by Crippen LogP contribution is -2.49.